The number of carbonyl (C=O) groups is 1. The number of aliphatic hydroxyl groups excluding tert-OH is 1. The number of hydrogen-bond donors (Lipinski definition) is 2. The van der Waals surface area contributed by atoms with Gasteiger partial charge in [-0.05, 0) is 30.7 Å². The number of amides is 1. The van der Waals surface area contributed by atoms with Crippen molar-refractivity contribution in [3.8, 4) is 11.8 Å². The van der Waals surface area contributed by atoms with Crippen LogP contribution < -0.4 is 5.32 Å². The number of benzene rings is 1. The highest BCUT2D eigenvalue weighted by Gasteiger charge is 2.11. The molecule has 5 nitrogen and oxygen atoms in total. The second kappa shape index (κ2) is 6.73. The Labute approximate surface area is 123 Å². The SMILES string of the molecule is Cc1ccc(C#CCCO)cc1NC(=O)c1ccnn1C. The monoisotopic (exact) mass is 283 g/mol. The molecule has 108 valence electrons. The van der Waals surface area contributed by atoms with Crippen LogP contribution in [-0.2, 0) is 7.05 Å². The summed E-state index contributed by atoms with van der Waals surface area (Å²) in [5.74, 6) is 5.61. The van der Waals surface area contributed by atoms with Gasteiger partial charge < -0.3 is 10.4 Å². The van der Waals surface area contributed by atoms with Gasteiger partial charge in [0, 0.05) is 30.9 Å². The van der Waals surface area contributed by atoms with Crippen LogP contribution in [0.4, 0.5) is 5.69 Å². The molecule has 0 saturated carbocycles. The van der Waals surface area contributed by atoms with Crippen LogP contribution in [0.15, 0.2) is 30.5 Å². The molecule has 1 aromatic heterocycles. The lowest BCUT2D eigenvalue weighted by molar-refractivity contribution is 0.101. The van der Waals surface area contributed by atoms with Gasteiger partial charge in [-0.15, -0.1) is 0 Å². The molecule has 1 aromatic carbocycles. The van der Waals surface area contributed by atoms with Crippen molar-refractivity contribution < 1.29 is 9.90 Å². The van der Waals surface area contributed by atoms with E-state index >= 15 is 0 Å². The van der Waals surface area contributed by atoms with Crippen molar-refractivity contribution in [3.63, 3.8) is 0 Å². The summed E-state index contributed by atoms with van der Waals surface area (Å²) in [6, 6.07) is 7.28. The van der Waals surface area contributed by atoms with E-state index in [0.717, 1.165) is 16.8 Å². The highest BCUT2D eigenvalue weighted by molar-refractivity contribution is 6.03. The summed E-state index contributed by atoms with van der Waals surface area (Å²) in [4.78, 5) is 12.2. The zero-order valence-corrected chi connectivity index (χ0v) is 12.1. The predicted octanol–water partition coefficient (Wildman–Crippen LogP) is 1.71. The van der Waals surface area contributed by atoms with Gasteiger partial charge in [0.05, 0.1) is 6.61 Å². The average Bonchev–Trinajstić information content (AvgIpc) is 2.89. The Bertz CT molecular complexity index is 708. The van der Waals surface area contributed by atoms with Gasteiger partial charge in [-0.25, -0.2) is 0 Å². The first-order valence-electron chi connectivity index (χ1n) is 6.61. The molecule has 2 aromatic rings. The lowest BCUT2D eigenvalue weighted by atomic mass is 10.1. The topological polar surface area (TPSA) is 67.2 Å². The molecule has 1 amide bonds. The van der Waals surface area contributed by atoms with E-state index in [-0.39, 0.29) is 12.5 Å². The molecule has 0 spiro atoms. The number of nitrogens with one attached hydrogen (secondary N) is 1. The molecule has 0 aliphatic carbocycles. The Morgan fingerprint density at radius 2 is 2.24 bits per heavy atom. The number of nitrogens with zero attached hydrogens (tertiary/aromatic N) is 2. The summed E-state index contributed by atoms with van der Waals surface area (Å²) in [5.41, 5.74) is 2.97. The minimum Gasteiger partial charge on any atom is -0.395 e. The molecule has 0 bridgehead atoms. The summed E-state index contributed by atoms with van der Waals surface area (Å²) in [5, 5.41) is 15.6. The quantitative estimate of drug-likeness (QED) is 0.843. The van der Waals surface area contributed by atoms with E-state index in [1.54, 1.807) is 19.3 Å². The zero-order valence-electron chi connectivity index (χ0n) is 12.1. The zero-order chi connectivity index (χ0) is 15.2. The highest BCUT2D eigenvalue weighted by Crippen LogP contribution is 2.17. The molecule has 0 unspecified atom stereocenters. The Balaban J connectivity index is 2.20. The molecule has 0 atom stereocenters. The van der Waals surface area contributed by atoms with E-state index in [1.807, 2.05) is 25.1 Å². The Kier molecular flexibility index (Phi) is 4.75. The van der Waals surface area contributed by atoms with Crippen molar-refractivity contribution in [1.82, 2.24) is 9.78 Å². The molecule has 0 aliphatic heterocycles. The standard InChI is InChI=1S/C16H17N3O2/c1-12-6-7-13(5-3-4-10-20)11-14(12)18-16(21)15-8-9-17-19(15)2/h6-9,11,20H,4,10H2,1-2H3,(H,18,21). The number of hydrogen-bond acceptors (Lipinski definition) is 3. The van der Waals surface area contributed by atoms with E-state index in [2.05, 4.69) is 22.3 Å². The number of aryl methyl sites for hydroxylation is 2. The van der Waals surface area contributed by atoms with Crippen LogP contribution in [-0.4, -0.2) is 27.4 Å². The molecule has 1 heterocycles. The third-order valence-corrected chi connectivity index (χ3v) is 3.01. The van der Waals surface area contributed by atoms with E-state index in [0.29, 0.717) is 12.1 Å². The van der Waals surface area contributed by atoms with Crippen molar-refractivity contribution >= 4 is 11.6 Å². The van der Waals surface area contributed by atoms with Gasteiger partial charge in [0.1, 0.15) is 5.69 Å². The van der Waals surface area contributed by atoms with Gasteiger partial charge in [0.15, 0.2) is 0 Å². The van der Waals surface area contributed by atoms with Crippen LogP contribution in [0.1, 0.15) is 28.0 Å². The smallest absolute Gasteiger partial charge is 0.273 e. The maximum Gasteiger partial charge on any atom is 0.273 e. The van der Waals surface area contributed by atoms with Gasteiger partial charge >= 0.3 is 0 Å². The third-order valence-electron chi connectivity index (χ3n) is 3.01. The molecule has 0 aliphatic rings. The summed E-state index contributed by atoms with van der Waals surface area (Å²) < 4.78 is 1.52. The molecule has 0 fully saturated rings. The second-order valence-electron chi connectivity index (χ2n) is 4.60. The lowest BCUT2D eigenvalue weighted by Gasteiger charge is -2.09. The first-order chi connectivity index (χ1) is 10.1. The van der Waals surface area contributed by atoms with Crippen LogP contribution in [0.3, 0.4) is 0 Å². The van der Waals surface area contributed by atoms with Crippen molar-refractivity contribution in [2.75, 3.05) is 11.9 Å². The number of rotatable bonds is 3. The van der Waals surface area contributed by atoms with Crippen molar-refractivity contribution in [2.45, 2.75) is 13.3 Å². The van der Waals surface area contributed by atoms with E-state index in [9.17, 15) is 4.79 Å². The fraction of sp³-hybridized carbons (Fsp3) is 0.250. The van der Waals surface area contributed by atoms with E-state index < -0.39 is 0 Å². The third kappa shape index (κ3) is 3.71. The fourth-order valence-electron chi connectivity index (χ4n) is 1.84. The van der Waals surface area contributed by atoms with Gasteiger partial charge in [-0.1, -0.05) is 17.9 Å². The number of aliphatic hydroxyl groups is 1. The molecular weight excluding hydrogens is 266 g/mol. The average molecular weight is 283 g/mol. The van der Waals surface area contributed by atoms with Crippen LogP contribution in [0.2, 0.25) is 0 Å². The summed E-state index contributed by atoms with van der Waals surface area (Å²) in [7, 11) is 1.72. The van der Waals surface area contributed by atoms with E-state index in [4.69, 9.17) is 5.11 Å². The van der Waals surface area contributed by atoms with Crippen molar-refractivity contribution in [2.24, 2.45) is 7.05 Å². The Morgan fingerprint density at radius 1 is 1.43 bits per heavy atom. The first kappa shape index (κ1) is 14.8. The molecule has 5 heteroatoms. The van der Waals surface area contributed by atoms with Crippen LogP contribution in [0.5, 0.6) is 0 Å². The van der Waals surface area contributed by atoms with Gasteiger partial charge in [-0.2, -0.15) is 5.10 Å². The number of anilines is 1. The van der Waals surface area contributed by atoms with Gasteiger partial charge in [-0.3, -0.25) is 9.48 Å². The normalized spacial score (nSPS) is 9.86. The number of carbonyl (C=O) groups excluding carboxylic acids is 1. The number of aromatic nitrogens is 2. The molecule has 21 heavy (non-hydrogen) atoms. The molecule has 2 rings (SSSR count). The Morgan fingerprint density at radius 3 is 2.90 bits per heavy atom. The van der Waals surface area contributed by atoms with Crippen molar-refractivity contribution in [3.05, 3.63) is 47.3 Å². The molecule has 0 saturated heterocycles. The molecular formula is C16H17N3O2. The first-order valence-corrected chi connectivity index (χ1v) is 6.61. The van der Waals surface area contributed by atoms with Crippen molar-refractivity contribution in [1.29, 1.82) is 0 Å². The summed E-state index contributed by atoms with van der Waals surface area (Å²) in [6.45, 7) is 1.97. The van der Waals surface area contributed by atoms with Crippen LogP contribution >= 0.6 is 0 Å². The largest absolute Gasteiger partial charge is 0.395 e. The van der Waals surface area contributed by atoms with Crippen LogP contribution in [0, 0.1) is 18.8 Å². The lowest BCUT2D eigenvalue weighted by Crippen LogP contribution is -2.16. The fourth-order valence-corrected chi connectivity index (χ4v) is 1.84. The van der Waals surface area contributed by atoms with Gasteiger partial charge in [0.25, 0.3) is 5.91 Å². The molecule has 0 radical (unpaired) electrons. The highest BCUT2D eigenvalue weighted by atomic mass is 16.2. The minimum absolute atomic E-state index is 0.0446. The second-order valence-corrected chi connectivity index (χ2v) is 4.60. The maximum absolute atomic E-state index is 12.2. The van der Waals surface area contributed by atoms with Crippen LogP contribution in [0.25, 0.3) is 0 Å². The molecule has 2 N–H and O–H groups in total. The minimum atomic E-state index is -0.210. The maximum atomic E-state index is 12.2. The predicted molar refractivity (Wildman–Crippen MR) is 80.9 cm³/mol. The Hall–Kier alpha value is -2.58. The van der Waals surface area contributed by atoms with Gasteiger partial charge in [0.2, 0.25) is 0 Å². The summed E-state index contributed by atoms with van der Waals surface area (Å²) in [6.07, 6.45) is 2.02. The van der Waals surface area contributed by atoms with E-state index in [1.165, 1.54) is 4.68 Å². The summed E-state index contributed by atoms with van der Waals surface area (Å²) >= 11 is 0.